The molecule has 0 saturated heterocycles. The molecule has 0 bridgehead atoms. The Labute approximate surface area is 301 Å². The third-order valence-corrected chi connectivity index (χ3v) is 8.65. The zero-order chi connectivity index (χ0) is 33.0. The van der Waals surface area contributed by atoms with Gasteiger partial charge in [0.25, 0.3) is 0 Å². The number of nitrogens with zero attached hydrogens (tertiary/aromatic N) is 3. The van der Waals surface area contributed by atoms with Crippen LogP contribution in [0.25, 0.3) is 55.7 Å². The van der Waals surface area contributed by atoms with Crippen LogP contribution in [-0.4, -0.2) is 15.0 Å². The predicted octanol–water partition coefficient (Wildman–Crippen LogP) is 10.9. The van der Waals surface area contributed by atoms with Crippen molar-refractivity contribution in [2.45, 2.75) is 34.1 Å². The number of fused-ring (bicyclic) bond motifs is 3. The summed E-state index contributed by atoms with van der Waals surface area (Å²) in [6.07, 6.45) is 4.62. The number of benzene rings is 4. The summed E-state index contributed by atoms with van der Waals surface area (Å²) < 4.78 is 6.20. The van der Waals surface area contributed by atoms with Crippen molar-refractivity contribution < 1.29 is 24.5 Å². The van der Waals surface area contributed by atoms with Crippen molar-refractivity contribution in [3.8, 4) is 33.6 Å². The molecule has 4 heterocycles. The second kappa shape index (κ2) is 14.9. The molecule has 243 valence electrons. The molecule has 4 aromatic carbocycles. The molecule has 0 atom stereocenters. The SMILES string of the molecule is Cc1c[c-]c(-c2cc(-c3ccccc3)c(C)cn2)cc1.Cc1cnc(-c2[c-]ccc3c2oc2nc(Cc4ccccc4)ccc23)cc1C.[Ir]. The fraction of sp³-hybridized carbons (Fsp3) is 0.114. The van der Waals surface area contributed by atoms with E-state index in [4.69, 9.17) is 9.40 Å². The number of pyridine rings is 3. The van der Waals surface area contributed by atoms with Crippen molar-refractivity contribution in [2.24, 2.45) is 0 Å². The molecule has 0 aliphatic rings. The third-order valence-electron chi connectivity index (χ3n) is 8.65. The minimum atomic E-state index is 0. The monoisotopic (exact) mass is 814 g/mol. The Kier molecular flexibility index (Phi) is 10.2. The maximum absolute atomic E-state index is 6.20. The van der Waals surface area contributed by atoms with E-state index in [0.29, 0.717) is 5.71 Å². The van der Waals surface area contributed by atoms with Crippen LogP contribution in [-0.2, 0) is 26.5 Å². The first-order valence-corrected chi connectivity index (χ1v) is 16.1. The van der Waals surface area contributed by atoms with Gasteiger partial charge in [-0.25, -0.2) is 4.98 Å². The molecule has 0 aliphatic carbocycles. The van der Waals surface area contributed by atoms with Crippen molar-refractivity contribution in [1.29, 1.82) is 0 Å². The molecule has 0 aliphatic heterocycles. The number of furan rings is 1. The summed E-state index contributed by atoms with van der Waals surface area (Å²) in [5.74, 6) is 0. The van der Waals surface area contributed by atoms with Gasteiger partial charge in [-0.3, -0.25) is 0 Å². The third kappa shape index (κ3) is 7.44. The maximum atomic E-state index is 6.20. The van der Waals surface area contributed by atoms with Gasteiger partial charge in [0.05, 0.1) is 5.58 Å². The minimum absolute atomic E-state index is 0. The smallest absolute Gasteiger partial charge is 0.216 e. The van der Waals surface area contributed by atoms with E-state index in [1.54, 1.807) is 0 Å². The van der Waals surface area contributed by atoms with Crippen molar-refractivity contribution >= 4 is 22.1 Å². The second-order valence-corrected chi connectivity index (χ2v) is 12.2. The van der Waals surface area contributed by atoms with E-state index in [0.717, 1.165) is 51.0 Å². The van der Waals surface area contributed by atoms with Gasteiger partial charge in [0.2, 0.25) is 5.71 Å². The average molecular weight is 814 g/mol. The predicted molar refractivity (Wildman–Crippen MR) is 196 cm³/mol. The van der Waals surface area contributed by atoms with Crippen LogP contribution in [0.3, 0.4) is 0 Å². The van der Waals surface area contributed by atoms with Crippen LogP contribution in [0, 0.1) is 39.8 Å². The first-order valence-electron chi connectivity index (χ1n) is 16.1. The fourth-order valence-electron chi connectivity index (χ4n) is 5.78. The molecule has 49 heavy (non-hydrogen) atoms. The number of hydrogen-bond donors (Lipinski definition) is 0. The van der Waals surface area contributed by atoms with Gasteiger partial charge in [0.1, 0.15) is 0 Å². The Bertz CT molecular complexity index is 2350. The topological polar surface area (TPSA) is 51.8 Å². The van der Waals surface area contributed by atoms with Gasteiger partial charge in [0, 0.05) is 50.0 Å². The summed E-state index contributed by atoms with van der Waals surface area (Å²) >= 11 is 0. The Morgan fingerprint density at radius 1 is 0.653 bits per heavy atom. The largest absolute Gasteiger partial charge is 0.486 e. The molecule has 0 saturated carbocycles. The van der Waals surface area contributed by atoms with E-state index >= 15 is 0 Å². The molecule has 0 N–H and O–H groups in total. The number of aromatic nitrogens is 3. The van der Waals surface area contributed by atoms with E-state index in [2.05, 4.69) is 123 Å². The van der Waals surface area contributed by atoms with Crippen LogP contribution in [0.4, 0.5) is 0 Å². The van der Waals surface area contributed by atoms with Crippen molar-refractivity contribution in [2.75, 3.05) is 0 Å². The van der Waals surface area contributed by atoms with E-state index in [-0.39, 0.29) is 20.1 Å². The van der Waals surface area contributed by atoms with Crippen LogP contribution in [0.1, 0.15) is 33.5 Å². The summed E-state index contributed by atoms with van der Waals surface area (Å²) in [4.78, 5) is 13.9. The first-order chi connectivity index (χ1) is 23.4. The Hall–Kier alpha value is -5.22. The van der Waals surface area contributed by atoms with E-state index in [1.807, 2.05) is 54.9 Å². The molecule has 4 aromatic heterocycles. The zero-order valence-electron chi connectivity index (χ0n) is 27.9. The molecule has 0 unspecified atom stereocenters. The summed E-state index contributed by atoms with van der Waals surface area (Å²) in [5.41, 5.74) is 14.7. The van der Waals surface area contributed by atoms with Crippen LogP contribution in [0.5, 0.6) is 0 Å². The summed E-state index contributed by atoms with van der Waals surface area (Å²) in [6.45, 7) is 8.32. The molecule has 5 heteroatoms. The zero-order valence-corrected chi connectivity index (χ0v) is 30.3. The first kappa shape index (κ1) is 33.7. The van der Waals surface area contributed by atoms with Gasteiger partial charge in [-0.2, -0.15) is 0 Å². The van der Waals surface area contributed by atoms with Gasteiger partial charge in [-0.15, -0.1) is 53.6 Å². The van der Waals surface area contributed by atoms with Crippen LogP contribution in [0.15, 0.2) is 132 Å². The quantitative estimate of drug-likeness (QED) is 0.162. The van der Waals surface area contributed by atoms with Crippen LogP contribution >= 0.6 is 0 Å². The van der Waals surface area contributed by atoms with Crippen LogP contribution < -0.4 is 0 Å². The molecule has 8 aromatic rings. The molecule has 8 rings (SSSR count). The standard InChI is InChI=1S/C25H19N2O.C19H16N.Ir/c1-16-13-23(26-15-17(16)2)22-10-6-9-20-21-12-11-19(27-25(21)28-24(20)22)14-18-7-4-3-5-8-18;1-14-8-10-17(11-9-14)19-12-18(15(2)13-20-19)16-6-4-3-5-7-16;/h3-9,11-13,15H,14H2,1-2H3;3-10,12-13H,1-2H3;/q2*-1;. The molecule has 4 nitrogen and oxygen atoms in total. The van der Waals surface area contributed by atoms with Gasteiger partial charge in [-0.05, 0) is 72.1 Å². The summed E-state index contributed by atoms with van der Waals surface area (Å²) in [5, 5.41) is 2.06. The maximum Gasteiger partial charge on any atom is 0.216 e. The van der Waals surface area contributed by atoms with E-state index in [9.17, 15) is 0 Å². The fourth-order valence-corrected chi connectivity index (χ4v) is 5.78. The summed E-state index contributed by atoms with van der Waals surface area (Å²) in [7, 11) is 0. The van der Waals surface area contributed by atoms with Gasteiger partial charge < -0.3 is 14.4 Å². The van der Waals surface area contributed by atoms with Gasteiger partial charge in [0.15, 0.2) is 0 Å². The van der Waals surface area contributed by atoms with Crippen molar-refractivity contribution in [3.05, 3.63) is 173 Å². The minimum Gasteiger partial charge on any atom is -0.486 e. The average Bonchev–Trinajstić information content (AvgIpc) is 3.49. The second-order valence-electron chi connectivity index (χ2n) is 12.2. The van der Waals surface area contributed by atoms with Crippen LogP contribution in [0.2, 0.25) is 0 Å². The van der Waals surface area contributed by atoms with E-state index < -0.39 is 0 Å². The molecular formula is C44H35IrN3O-2. The van der Waals surface area contributed by atoms with Gasteiger partial charge in [-0.1, -0.05) is 96.2 Å². The number of rotatable bonds is 5. The normalized spacial score (nSPS) is 10.8. The van der Waals surface area contributed by atoms with Crippen molar-refractivity contribution in [1.82, 2.24) is 15.0 Å². The molecule has 0 fully saturated rings. The van der Waals surface area contributed by atoms with Gasteiger partial charge >= 0.3 is 0 Å². The molecule has 0 amide bonds. The Balaban J connectivity index is 0.000000176. The summed E-state index contributed by atoms with van der Waals surface area (Å²) in [6, 6.07) is 45.9. The van der Waals surface area contributed by atoms with E-state index in [1.165, 1.54) is 38.9 Å². The number of aryl methyl sites for hydroxylation is 4. The molecule has 0 spiro atoms. The Morgan fingerprint density at radius 3 is 2.12 bits per heavy atom. The molecular weight excluding hydrogens is 779 g/mol. The number of hydrogen-bond acceptors (Lipinski definition) is 4. The molecule has 1 radical (unpaired) electrons. The van der Waals surface area contributed by atoms with Crippen molar-refractivity contribution in [3.63, 3.8) is 0 Å². The Morgan fingerprint density at radius 2 is 1.39 bits per heavy atom.